The van der Waals surface area contributed by atoms with Crippen molar-refractivity contribution in [3.63, 3.8) is 0 Å². The predicted molar refractivity (Wildman–Crippen MR) is 76.4 cm³/mol. The zero-order valence-electron chi connectivity index (χ0n) is 10.2. The molecule has 21 heavy (non-hydrogen) atoms. The highest BCUT2D eigenvalue weighted by Crippen LogP contribution is 2.32. The molecular formula is C13H7Cl2FN2O3. The van der Waals surface area contributed by atoms with Crippen molar-refractivity contribution in [1.82, 2.24) is 4.98 Å². The van der Waals surface area contributed by atoms with Crippen molar-refractivity contribution >= 4 is 41.1 Å². The van der Waals surface area contributed by atoms with Gasteiger partial charge in [-0.1, -0.05) is 23.2 Å². The average molecular weight is 329 g/mol. The lowest BCUT2D eigenvalue weighted by Crippen LogP contribution is -2.06. The van der Waals surface area contributed by atoms with E-state index in [1.165, 1.54) is 18.2 Å². The Morgan fingerprint density at radius 1 is 1.38 bits per heavy atom. The molecule has 1 heterocycles. The van der Waals surface area contributed by atoms with Crippen LogP contribution in [0.3, 0.4) is 0 Å². The summed E-state index contributed by atoms with van der Waals surface area (Å²) in [6.07, 6.45) is 0.262. The van der Waals surface area contributed by atoms with Gasteiger partial charge in [0.1, 0.15) is 5.82 Å². The number of hydrogen-bond acceptors (Lipinski definition) is 4. The fourth-order valence-electron chi connectivity index (χ4n) is 1.70. The third-order valence-corrected chi connectivity index (χ3v) is 3.44. The third kappa shape index (κ3) is 2.68. The Labute approximate surface area is 128 Å². The number of halogens is 3. The highest BCUT2D eigenvalue weighted by Gasteiger charge is 2.19. The molecule has 0 fully saturated rings. The van der Waals surface area contributed by atoms with Crippen molar-refractivity contribution in [2.45, 2.75) is 0 Å². The quantitative estimate of drug-likeness (QED) is 0.843. The zero-order valence-corrected chi connectivity index (χ0v) is 11.7. The summed E-state index contributed by atoms with van der Waals surface area (Å²) in [5.74, 6) is -2.32. The molecule has 0 radical (unpaired) electrons. The fourth-order valence-corrected chi connectivity index (χ4v) is 2.07. The van der Waals surface area contributed by atoms with Crippen LogP contribution in [0.5, 0.6) is 0 Å². The third-order valence-electron chi connectivity index (χ3n) is 2.71. The monoisotopic (exact) mass is 328 g/mol. The van der Waals surface area contributed by atoms with Gasteiger partial charge in [-0.15, -0.1) is 0 Å². The van der Waals surface area contributed by atoms with E-state index >= 15 is 0 Å². The first-order valence-corrected chi connectivity index (χ1v) is 6.25. The number of nitrogen functional groups attached to an aromatic ring is 1. The normalized spacial score (nSPS) is 10.4. The minimum atomic E-state index is -1.40. The number of nitrogens with two attached hydrogens (primary N) is 1. The molecule has 8 heteroatoms. The number of pyridine rings is 1. The van der Waals surface area contributed by atoms with Crippen LogP contribution < -0.4 is 5.73 Å². The number of nitrogens with zero attached hydrogens (tertiary/aromatic N) is 1. The molecule has 3 N–H and O–H groups in total. The highest BCUT2D eigenvalue weighted by atomic mass is 35.5. The second kappa shape index (κ2) is 5.67. The van der Waals surface area contributed by atoms with Crippen LogP contribution in [0, 0.1) is 5.82 Å². The van der Waals surface area contributed by atoms with Crippen molar-refractivity contribution in [3.8, 4) is 11.3 Å². The Balaban J connectivity index is 2.74. The number of carbonyl (C=O) groups is 2. The van der Waals surface area contributed by atoms with Gasteiger partial charge in [0.05, 0.1) is 27.0 Å². The van der Waals surface area contributed by atoms with E-state index in [4.69, 9.17) is 34.0 Å². The summed E-state index contributed by atoms with van der Waals surface area (Å²) in [5, 5.41) is 8.70. The summed E-state index contributed by atoms with van der Waals surface area (Å²) in [7, 11) is 0. The number of anilines is 1. The molecular weight excluding hydrogens is 322 g/mol. The van der Waals surface area contributed by atoms with E-state index < -0.39 is 17.5 Å². The van der Waals surface area contributed by atoms with Crippen molar-refractivity contribution < 1.29 is 19.1 Å². The summed E-state index contributed by atoms with van der Waals surface area (Å²) >= 11 is 11.4. The van der Waals surface area contributed by atoms with Crippen molar-refractivity contribution in [3.05, 3.63) is 45.3 Å². The molecule has 5 nitrogen and oxygen atoms in total. The van der Waals surface area contributed by atoms with E-state index in [-0.39, 0.29) is 38.8 Å². The second-order valence-corrected chi connectivity index (χ2v) is 4.79. The Kier molecular flexibility index (Phi) is 4.11. The number of hydrogen-bond donors (Lipinski definition) is 2. The number of carboxylic acids is 1. The van der Waals surface area contributed by atoms with E-state index in [9.17, 15) is 14.0 Å². The second-order valence-electron chi connectivity index (χ2n) is 4.00. The Hall–Kier alpha value is -2.18. The number of rotatable bonds is 3. The SMILES string of the molecule is Nc1cc(-c2ccc(Cl)c(C=O)c2F)nc(C(=O)O)c1Cl. The van der Waals surface area contributed by atoms with Gasteiger partial charge < -0.3 is 10.8 Å². The van der Waals surface area contributed by atoms with E-state index in [0.717, 1.165) is 0 Å². The van der Waals surface area contributed by atoms with Gasteiger partial charge >= 0.3 is 5.97 Å². The molecule has 0 aliphatic heterocycles. The van der Waals surface area contributed by atoms with Gasteiger partial charge in [-0.25, -0.2) is 14.2 Å². The van der Waals surface area contributed by atoms with Crippen LogP contribution in [0.4, 0.5) is 10.1 Å². The summed E-state index contributed by atoms with van der Waals surface area (Å²) in [6.45, 7) is 0. The molecule has 0 unspecified atom stereocenters. The predicted octanol–water partition coefficient (Wildman–Crippen LogP) is 3.29. The van der Waals surface area contributed by atoms with Gasteiger partial charge in [0.2, 0.25) is 0 Å². The smallest absolute Gasteiger partial charge is 0.356 e. The van der Waals surface area contributed by atoms with Crippen LogP contribution >= 0.6 is 23.2 Å². The van der Waals surface area contributed by atoms with E-state index in [1.54, 1.807) is 0 Å². The average Bonchev–Trinajstić information content (AvgIpc) is 2.42. The Morgan fingerprint density at radius 2 is 2.05 bits per heavy atom. The maximum atomic E-state index is 14.2. The van der Waals surface area contributed by atoms with Gasteiger partial charge in [0.15, 0.2) is 12.0 Å². The summed E-state index contributed by atoms with van der Waals surface area (Å²) < 4.78 is 14.2. The largest absolute Gasteiger partial charge is 0.476 e. The molecule has 0 atom stereocenters. The maximum Gasteiger partial charge on any atom is 0.356 e. The molecule has 108 valence electrons. The van der Waals surface area contributed by atoms with E-state index in [1.807, 2.05) is 0 Å². The number of carbonyl (C=O) groups excluding carboxylic acids is 1. The number of aromatic carboxylic acids is 1. The first-order chi connectivity index (χ1) is 9.86. The van der Waals surface area contributed by atoms with E-state index in [2.05, 4.69) is 4.98 Å². The summed E-state index contributed by atoms with van der Waals surface area (Å²) in [4.78, 5) is 25.6. The topological polar surface area (TPSA) is 93.3 Å². The van der Waals surface area contributed by atoms with Crippen LogP contribution in [0.2, 0.25) is 10.0 Å². The van der Waals surface area contributed by atoms with Crippen LogP contribution in [0.25, 0.3) is 11.3 Å². The first-order valence-electron chi connectivity index (χ1n) is 5.49. The van der Waals surface area contributed by atoms with Crippen LogP contribution in [0.15, 0.2) is 18.2 Å². The molecule has 0 saturated carbocycles. The van der Waals surface area contributed by atoms with E-state index in [0.29, 0.717) is 0 Å². The summed E-state index contributed by atoms with van der Waals surface area (Å²) in [5.41, 5.74) is 4.51. The Morgan fingerprint density at radius 3 is 2.62 bits per heavy atom. The molecule has 1 aromatic carbocycles. The van der Waals surface area contributed by atoms with Gasteiger partial charge in [-0.3, -0.25) is 4.79 Å². The Bertz CT molecular complexity index is 766. The van der Waals surface area contributed by atoms with Crippen molar-refractivity contribution in [2.24, 2.45) is 0 Å². The number of carboxylic acid groups (broad SMARTS) is 1. The minimum Gasteiger partial charge on any atom is -0.476 e. The molecule has 0 saturated heterocycles. The van der Waals surface area contributed by atoms with Crippen LogP contribution in [0.1, 0.15) is 20.8 Å². The molecule has 0 aliphatic rings. The standard InChI is InChI=1S/C13H7Cl2FN2O3/c14-7-2-1-5(11(16)6(7)4-19)9-3-8(17)10(15)12(18-9)13(20)21/h1-4H,(H2,17,18)(H,20,21). The van der Waals surface area contributed by atoms with Crippen LogP contribution in [-0.2, 0) is 0 Å². The minimum absolute atomic E-state index is 0.0633. The van der Waals surface area contributed by atoms with Gasteiger partial charge in [0.25, 0.3) is 0 Å². The molecule has 2 aromatic rings. The number of benzene rings is 1. The molecule has 0 bridgehead atoms. The van der Waals surface area contributed by atoms with Gasteiger partial charge in [0, 0.05) is 5.56 Å². The lowest BCUT2D eigenvalue weighted by atomic mass is 10.1. The first kappa shape index (κ1) is 15.2. The van der Waals surface area contributed by atoms with Gasteiger partial charge in [-0.05, 0) is 18.2 Å². The molecule has 0 amide bonds. The lowest BCUT2D eigenvalue weighted by molar-refractivity contribution is 0.0690. The van der Waals surface area contributed by atoms with Crippen LogP contribution in [-0.4, -0.2) is 22.3 Å². The van der Waals surface area contributed by atoms with Crippen molar-refractivity contribution in [2.75, 3.05) is 5.73 Å². The number of aromatic nitrogens is 1. The molecule has 1 aromatic heterocycles. The fraction of sp³-hybridized carbons (Fsp3) is 0. The maximum absolute atomic E-state index is 14.2. The molecule has 2 rings (SSSR count). The highest BCUT2D eigenvalue weighted by molar-refractivity contribution is 6.35. The summed E-state index contributed by atoms with van der Waals surface area (Å²) in [6, 6.07) is 3.79. The van der Waals surface area contributed by atoms with Crippen molar-refractivity contribution in [1.29, 1.82) is 0 Å². The van der Waals surface area contributed by atoms with Gasteiger partial charge in [-0.2, -0.15) is 0 Å². The molecule has 0 aliphatic carbocycles. The molecule has 0 spiro atoms. The zero-order chi connectivity index (χ0) is 15.7. The number of aldehydes is 1. The lowest BCUT2D eigenvalue weighted by Gasteiger charge is -2.09.